The van der Waals surface area contributed by atoms with Crippen molar-refractivity contribution in [3.8, 4) is 0 Å². The Balaban J connectivity index is 3.75. The molecule has 0 atom stereocenters. The van der Waals surface area contributed by atoms with Crippen molar-refractivity contribution in [2.24, 2.45) is 0 Å². The Hall–Kier alpha value is -0.610. The molecule has 0 fully saturated rings. The second kappa shape index (κ2) is 3.42. The molecular formula is C5H10NO3. The highest BCUT2D eigenvalue weighted by atomic mass is 16.3. The van der Waals surface area contributed by atoms with Gasteiger partial charge in [-0.3, -0.25) is 4.79 Å². The first kappa shape index (κ1) is 8.39. The fourth-order valence-electron chi connectivity index (χ4n) is 0.252. The summed E-state index contributed by atoms with van der Waals surface area (Å²) in [6.45, 7) is 0.926. The van der Waals surface area contributed by atoms with E-state index in [0.29, 0.717) is 0 Å². The minimum Gasteiger partial charge on any atom is -0.394 e. The van der Waals surface area contributed by atoms with Gasteiger partial charge >= 0.3 is 6.41 Å². The molecule has 0 heterocycles. The molecule has 4 nitrogen and oxygen atoms in total. The number of amides is 1. The molecule has 3 N–H and O–H groups in total. The lowest BCUT2D eigenvalue weighted by molar-refractivity contribution is 0.118. The van der Waals surface area contributed by atoms with Gasteiger partial charge in [-0.15, -0.1) is 0 Å². The number of hydrogen-bond donors (Lipinski definition) is 3. The van der Waals surface area contributed by atoms with Crippen molar-refractivity contribution in [1.29, 1.82) is 0 Å². The van der Waals surface area contributed by atoms with E-state index in [4.69, 9.17) is 10.2 Å². The summed E-state index contributed by atoms with van der Waals surface area (Å²) in [5, 5.41) is 19.2. The van der Waals surface area contributed by atoms with E-state index < -0.39 is 5.54 Å². The van der Waals surface area contributed by atoms with Crippen LogP contribution in [0.5, 0.6) is 0 Å². The van der Waals surface area contributed by atoms with Gasteiger partial charge in [0, 0.05) is 0 Å². The average molecular weight is 132 g/mol. The van der Waals surface area contributed by atoms with Crippen LogP contribution in [0, 0.1) is 0 Å². The van der Waals surface area contributed by atoms with Crippen LogP contribution < -0.4 is 5.32 Å². The summed E-state index contributed by atoms with van der Waals surface area (Å²) >= 11 is 0. The van der Waals surface area contributed by atoms with Crippen molar-refractivity contribution in [1.82, 2.24) is 5.32 Å². The summed E-state index contributed by atoms with van der Waals surface area (Å²) in [4.78, 5) is 9.68. The third kappa shape index (κ3) is 2.43. The SMILES string of the molecule is CC(CO)(CO)N[C]=O. The number of aliphatic hydroxyl groups excluding tert-OH is 2. The zero-order chi connectivity index (χ0) is 7.33. The van der Waals surface area contributed by atoms with Gasteiger partial charge in [0.2, 0.25) is 0 Å². The molecule has 0 saturated carbocycles. The van der Waals surface area contributed by atoms with E-state index in [0.717, 1.165) is 0 Å². The van der Waals surface area contributed by atoms with Crippen LogP contribution in [0.3, 0.4) is 0 Å². The minimum atomic E-state index is -0.929. The molecule has 0 rings (SSSR count). The van der Waals surface area contributed by atoms with Crippen LogP contribution in [0.1, 0.15) is 6.92 Å². The molecule has 0 aliphatic rings. The summed E-state index contributed by atoms with van der Waals surface area (Å²) in [6, 6.07) is 0. The Labute approximate surface area is 53.5 Å². The van der Waals surface area contributed by atoms with Crippen LogP contribution in [0.2, 0.25) is 0 Å². The first-order chi connectivity index (χ1) is 4.18. The minimum absolute atomic E-state index is 0.293. The first-order valence-corrected chi connectivity index (χ1v) is 2.54. The zero-order valence-electron chi connectivity index (χ0n) is 5.22. The molecule has 1 amide bonds. The second-order valence-corrected chi connectivity index (χ2v) is 2.10. The largest absolute Gasteiger partial charge is 0.394 e. The molecule has 0 saturated heterocycles. The van der Waals surface area contributed by atoms with Crippen molar-refractivity contribution in [3.63, 3.8) is 0 Å². The Bertz CT molecular complexity index is 90.2. The fourth-order valence-corrected chi connectivity index (χ4v) is 0.252. The van der Waals surface area contributed by atoms with Crippen LogP contribution >= 0.6 is 0 Å². The molecular weight excluding hydrogens is 122 g/mol. The third-order valence-electron chi connectivity index (χ3n) is 1.05. The van der Waals surface area contributed by atoms with Gasteiger partial charge in [0.25, 0.3) is 0 Å². The standard InChI is InChI=1S/C5H10NO3/c1-5(2-7,3-8)6-4-9/h7-8H,2-3H2,1H3,(H,6,9). The normalized spacial score (nSPS) is 11.0. The molecule has 1 radical (unpaired) electrons. The molecule has 53 valence electrons. The highest BCUT2D eigenvalue weighted by molar-refractivity contribution is 5.48. The lowest BCUT2D eigenvalue weighted by atomic mass is 10.1. The molecule has 0 spiro atoms. The highest BCUT2D eigenvalue weighted by Gasteiger charge is 2.20. The van der Waals surface area contributed by atoms with Gasteiger partial charge in [0.05, 0.1) is 18.8 Å². The summed E-state index contributed by atoms with van der Waals surface area (Å²) in [7, 11) is 0. The van der Waals surface area contributed by atoms with Crippen LogP contribution in [0.25, 0.3) is 0 Å². The molecule has 0 bridgehead atoms. The third-order valence-corrected chi connectivity index (χ3v) is 1.05. The fraction of sp³-hybridized carbons (Fsp3) is 0.800. The van der Waals surface area contributed by atoms with Crippen molar-refractivity contribution in [2.45, 2.75) is 12.5 Å². The Kier molecular flexibility index (Phi) is 3.19. The summed E-state index contributed by atoms with van der Waals surface area (Å²) in [5.74, 6) is 0. The van der Waals surface area contributed by atoms with Crippen LogP contribution in [0.15, 0.2) is 0 Å². The number of nitrogens with one attached hydrogen (secondary N) is 1. The number of hydrogen-bond acceptors (Lipinski definition) is 3. The Morgan fingerprint density at radius 1 is 1.56 bits per heavy atom. The number of aliphatic hydroxyl groups is 2. The average Bonchev–Trinajstić information content (AvgIpc) is 1.89. The maximum Gasteiger partial charge on any atom is 0.309 e. The van der Waals surface area contributed by atoms with Crippen LogP contribution in [0.4, 0.5) is 0 Å². The molecule has 9 heavy (non-hydrogen) atoms. The second-order valence-electron chi connectivity index (χ2n) is 2.10. The van der Waals surface area contributed by atoms with Crippen molar-refractivity contribution >= 4 is 6.41 Å². The molecule has 0 aromatic heterocycles. The van der Waals surface area contributed by atoms with Gasteiger partial charge in [-0.05, 0) is 6.92 Å². The van der Waals surface area contributed by atoms with Gasteiger partial charge in [-0.25, -0.2) is 0 Å². The summed E-state index contributed by atoms with van der Waals surface area (Å²) in [6.07, 6.45) is 1.39. The molecule has 0 unspecified atom stereocenters. The van der Waals surface area contributed by atoms with Gasteiger partial charge < -0.3 is 15.5 Å². The monoisotopic (exact) mass is 132 g/mol. The first-order valence-electron chi connectivity index (χ1n) is 2.54. The van der Waals surface area contributed by atoms with Gasteiger partial charge in [-0.2, -0.15) is 0 Å². The highest BCUT2D eigenvalue weighted by Crippen LogP contribution is 1.97. The number of rotatable bonds is 4. The predicted octanol–water partition coefficient (Wildman–Crippen LogP) is -1.61. The van der Waals surface area contributed by atoms with Crippen LogP contribution in [-0.2, 0) is 4.79 Å². The number of carbonyl (C=O) groups excluding carboxylic acids is 1. The molecule has 4 heteroatoms. The van der Waals surface area contributed by atoms with Crippen LogP contribution in [-0.4, -0.2) is 35.4 Å². The van der Waals surface area contributed by atoms with E-state index in [1.807, 2.05) is 0 Å². The lowest BCUT2D eigenvalue weighted by Crippen LogP contribution is -2.48. The van der Waals surface area contributed by atoms with E-state index in [9.17, 15) is 4.79 Å². The topological polar surface area (TPSA) is 69.6 Å². The predicted molar refractivity (Wildman–Crippen MR) is 31.4 cm³/mol. The Morgan fingerprint density at radius 2 is 2.00 bits per heavy atom. The lowest BCUT2D eigenvalue weighted by Gasteiger charge is -2.22. The summed E-state index contributed by atoms with van der Waals surface area (Å²) in [5.41, 5.74) is -0.929. The van der Waals surface area contributed by atoms with Gasteiger partial charge in [-0.1, -0.05) is 0 Å². The van der Waals surface area contributed by atoms with E-state index in [1.54, 1.807) is 0 Å². The molecule has 0 aromatic rings. The maximum absolute atomic E-state index is 9.68. The van der Waals surface area contributed by atoms with E-state index >= 15 is 0 Å². The molecule has 0 aliphatic carbocycles. The summed E-state index contributed by atoms with van der Waals surface area (Å²) < 4.78 is 0. The molecule has 0 aliphatic heterocycles. The van der Waals surface area contributed by atoms with Crippen molar-refractivity contribution in [2.75, 3.05) is 13.2 Å². The van der Waals surface area contributed by atoms with Gasteiger partial charge in [0.1, 0.15) is 0 Å². The molecule has 0 aromatic carbocycles. The van der Waals surface area contributed by atoms with E-state index in [2.05, 4.69) is 5.32 Å². The van der Waals surface area contributed by atoms with Gasteiger partial charge in [0.15, 0.2) is 0 Å². The smallest absolute Gasteiger partial charge is 0.309 e. The zero-order valence-corrected chi connectivity index (χ0v) is 5.22. The Morgan fingerprint density at radius 3 is 2.11 bits per heavy atom. The van der Waals surface area contributed by atoms with Crippen molar-refractivity contribution in [3.05, 3.63) is 0 Å². The van der Waals surface area contributed by atoms with E-state index in [1.165, 1.54) is 13.3 Å². The van der Waals surface area contributed by atoms with Crippen molar-refractivity contribution < 1.29 is 15.0 Å². The van der Waals surface area contributed by atoms with E-state index in [-0.39, 0.29) is 13.2 Å². The quantitative estimate of drug-likeness (QED) is 0.403. The maximum atomic E-state index is 9.68.